The molecule has 1 aromatic carbocycles. The predicted molar refractivity (Wildman–Crippen MR) is 88.8 cm³/mol. The largest absolute Gasteiger partial charge is 0.486 e. The number of benzene rings is 1. The van der Waals surface area contributed by atoms with Gasteiger partial charge in [-0.05, 0) is 61.4 Å². The zero-order valence-electron chi connectivity index (χ0n) is 13.7. The van der Waals surface area contributed by atoms with E-state index in [9.17, 15) is 4.79 Å². The number of furan rings is 2. The molecule has 0 fully saturated rings. The molecule has 0 unspecified atom stereocenters. The van der Waals surface area contributed by atoms with Gasteiger partial charge in [-0.2, -0.15) is 0 Å². The van der Waals surface area contributed by atoms with Gasteiger partial charge in [0.05, 0.1) is 12.8 Å². The van der Waals surface area contributed by atoms with Crippen molar-refractivity contribution in [1.82, 2.24) is 5.32 Å². The van der Waals surface area contributed by atoms with Crippen molar-refractivity contribution in [3.05, 3.63) is 77.1 Å². The van der Waals surface area contributed by atoms with Crippen molar-refractivity contribution >= 4 is 5.91 Å². The average molecular weight is 325 g/mol. The van der Waals surface area contributed by atoms with Crippen LogP contribution in [0.25, 0.3) is 0 Å². The van der Waals surface area contributed by atoms with Crippen LogP contribution >= 0.6 is 0 Å². The van der Waals surface area contributed by atoms with Crippen molar-refractivity contribution in [2.24, 2.45) is 0 Å². The van der Waals surface area contributed by atoms with E-state index in [4.69, 9.17) is 13.6 Å². The maximum atomic E-state index is 12.0. The lowest BCUT2D eigenvalue weighted by Crippen LogP contribution is -2.21. The maximum Gasteiger partial charge on any atom is 0.287 e. The summed E-state index contributed by atoms with van der Waals surface area (Å²) in [5.74, 6) is 2.02. The Kier molecular flexibility index (Phi) is 4.70. The van der Waals surface area contributed by atoms with Gasteiger partial charge in [0, 0.05) is 0 Å². The molecule has 0 aliphatic rings. The van der Waals surface area contributed by atoms with Gasteiger partial charge in [-0.25, -0.2) is 0 Å². The first-order valence-electron chi connectivity index (χ1n) is 7.71. The van der Waals surface area contributed by atoms with Gasteiger partial charge in [-0.3, -0.25) is 4.79 Å². The van der Waals surface area contributed by atoms with E-state index in [0.717, 1.165) is 5.75 Å². The third-order valence-corrected chi connectivity index (χ3v) is 3.75. The predicted octanol–water partition coefficient (Wildman–Crippen LogP) is 4.00. The number of hydrogen-bond donors (Lipinski definition) is 1. The Bertz CT molecular complexity index is 818. The van der Waals surface area contributed by atoms with Gasteiger partial charge in [0.1, 0.15) is 23.9 Å². The molecule has 0 saturated heterocycles. The Hall–Kier alpha value is -2.95. The normalized spacial score (nSPS) is 10.6. The molecule has 3 aromatic rings. The summed E-state index contributed by atoms with van der Waals surface area (Å²) in [6.45, 7) is 4.69. The summed E-state index contributed by atoms with van der Waals surface area (Å²) in [7, 11) is 0. The lowest BCUT2D eigenvalue weighted by atomic mass is 10.1. The molecule has 2 heterocycles. The molecule has 0 atom stereocenters. The van der Waals surface area contributed by atoms with Crippen LogP contribution in [-0.2, 0) is 13.2 Å². The number of amides is 1. The molecule has 0 aliphatic carbocycles. The minimum absolute atomic E-state index is 0.250. The van der Waals surface area contributed by atoms with Gasteiger partial charge >= 0.3 is 0 Å². The van der Waals surface area contributed by atoms with Crippen LogP contribution in [0.1, 0.15) is 33.2 Å². The summed E-state index contributed by atoms with van der Waals surface area (Å²) >= 11 is 0. The van der Waals surface area contributed by atoms with E-state index >= 15 is 0 Å². The molecule has 124 valence electrons. The fourth-order valence-electron chi connectivity index (χ4n) is 2.20. The van der Waals surface area contributed by atoms with Crippen LogP contribution in [0.2, 0.25) is 0 Å². The Labute approximate surface area is 140 Å². The summed E-state index contributed by atoms with van der Waals surface area (Å²) in [4.78, 5) is 12.0. The minimum Gasteiger partial charge on any atom is -0.486 e. The van der Waals surface area contributed by atoms with E-state index in [0.29, 0.717) is 18.1 Å². The van der Waals surface area contributed by atoms with Crippen molar-refractivity contribution < 1.29 is 18.4 Å². The van der Waals surface area contributed by atoms with Crippen LogP contribution in [0.5, 0.6) is 5.75 Å². The Morgan fingerprint density at radius 2 is 1.96 bits per heavy atom. The van der Waals surface area contributed by atoms with Crippen LogP contribution in [0.15, 0.2) is 57.6 Å². The average Bonchev–Trinajstić information content (AvgIpc) is 3.25. The monoisotopic (exact) mass is 325 g/mol. The van der Waals surface area contributed by atoms with Crippen molar-refractivity contribution in [3.63, 3.8) is 0 Å². The highest BCUT2D eigenvalue weighted by Gasteiger charge is 2.12. The highest BCUT2D eigenvalue weighted by atomic mass is 16.5. The fourth-order valence-corrected chi connectivity index (χ4v) is 2.20. The lowest BCUT2D eigenvalue weighted by molar-refractivity contribution is 0.0916. The molecular formula is C19H19NO4. The number of ether oxygens (including phenoxy) is 1. The first kappa shape index (κ1) is 15.9. The fraction of sp³-hybridized carbons (Fsp3) is 0.211. The topological polar surface area (TPSA) is 64.6 Å². The van der Waals surface area contributed by atoms with Crippen LogP contribution in [-0.4, -0.2) is 5.91 Å². The maximum absolute atomic E-state index is 12.0. The molecule has 3 rings (SSSR count). The second-order valence-electron chi connectivity index (χ2n) is 5.56. The summed E-state index contributed by atoms with van der Waals surface area (Å²) < 4.78 is 16.4. The zero-order valence-corrected chi connectivity index (χ0v) is 13.7. The van der Waals surface area contributed by atoms with E-state index < -0.39 is 0 Å². The van der Waals surface area contributed by atoms with E-state index in [1.54, 1.807) is 30.5 Å². The molecule has 2 aromatic heterocycles. The molecule has 0 radical (unpaired) electrons. The smallest absolute Gasteiger partial charge is 0.287 e. The molecule has 24 heavy (non-hydrogen) atoms. The number of carbonyl (C=O) groups excluding carboxylic acids is 1. The van der Waals surface area contributed by atoms with Crippen molar-refractivity contribution in [2.45, 2.75) is 27.0 Å². The molecule has 5 heteroatoms. The molecule has 0 bridgehead atoms. The third kappa shape index (κ3) is 3.87. The van der Waals surface area contributed by atoms with Crippen LogP contribution in [0.3, 0.4) is 0 Å². The zero-order chi connectivity index (χ0) is 16.9. The molecule has 1 N–H and O–H groups in total. The second kappa shape index (κ2) is 7.08. The first-order chi connectivity index (χ1) is 11.6. The lowest BCUT2D eigenvalue weighted by Gasteiger charge is -2.06. The van der Waals surface area contributed by atoms with Crippen molar-refractivity contribution in [1.29, 1.82) is 0 Å². The van der Waals surface area contributed by atoms with Crippen LogP contribution in [0, 0.1) is 13.8 Å². The molecule has 5 nitrogen and oxygen atoms in total. The summed E-state index contributed by atoms with van der Waals surface area (Å²) in [6, 6.07) is 12.9. The quantitative estimate of drug-likeness (QED) is 0.744. The highest BCUT2D eigenvalue weighted by Crippen LogP contribution is 2.18. The summed E-state index contributed by atoms with van der Waals surface area (Å²) in [5, 5.41) is 2.73. The van der Waals surface area contributed by atoms with Crippen molar-refractivity contribution in [2.75, 3.05) is 0 Å². The molecule has 1 amide bonds. The standard InChI is InChI=1S/C19H19NO4/c1-13-5-6-15(10-14(13)2)23-12-17-7-8-18(24-17)19(21)20-11-16-4-3-9-22-16/h3-10H,11-12H2,1-2H3,(H,20,21). The first-order valence-corrected chi connectivity index (χ1v) is 7.71. The van der Waals surface area contributed by atoms with E-state index in [1.165, 1.54) is 11.1 Å². The highest BCUT2D eigenvalue weighted by molar-refractivity contribution is 5.91. The number of rotatable bonds is 6. The number of hydrogen-bond acceptors (Lipinski definition) is 4. The molecular weight excluding hydrogens is 306 g/mol. The molecule has 0 aliphatic heterocycles. The Morgan fingerprint density at radius 3 is 2.71 bits per heavy atom. The van der Waals surface area contributed by atoms with Gasteiger partial charge < -0.3 is 18.9 Å². The van der Waals surface area contributed by atoms with Crippen molar-refractivity contribution in [3.8, 4) is 5.75 Å². The van der Waals surface area contributed by atoms with Gasteiger partial charge in [0.15, 0.2) is 5.76 Å². The minimum atomic E-state index is -0.288. The molecule has 0 spiro atoms. The number of nitrogens with one attached hydrogen (secondary N) is 1. The van der Waals surface area contributed by atoms with Crippen LogP contribution in [0.4, 0.5) is 0 Å². The summed E-state index contributed by atoms with van der Waals surface area (Å²) in [5.41, 5.74) is 2.39. The second-order valence-corrected chi connectivity index (χ2v) is 5.56. The summed E-state index contributed by atoms with van der Waals surface area (Å²) in [6.07, 6.45) is 1.57. The third-order valence-electron chi connectivity index (χ3n) is 3.75. The van der Waals surface area contributed by atoms with Gasteiger partial charge in [-0.15, -0.1) is 0 Å². The number of carbonyl (C=O) groups is 1. The van der Waals surface area contributed by atoms with E-state index in [1.807, 2.05) is 25.1 Å². The molecule has 0 saturated carbocycles. The van der Waals surface area contributed by atoms with Gasteiger partial charge in [0.2, 0.25) is 0 Å². The van der Waals surface area contributed by atoms with Gasteiger partial charge in [-0.1, -0.05) is 6.07 Å². The van der Waals surface area contributed by atoms with E-state index in [-0.39, 0.29) is 18.3 Å². The Morgan fingerprint density at radius 1 is 1.08 bits per heavy atom. The van der Waals surface area contributed by atoms with Crippen LogP contribution < -0.4 is 10.1 Å². The SMILES string of the molecule is Cc1ccc(OCc2ccc(C(=O)NCc3ccco3)o2)cc1C. The number of aryl methyl sites for hydroxylation is 2. The van der Waals surface area contributed by atoms with Gasteiger partial charge in [0.25, 0.3) is 5.91 Å². The van der Waals surface area contributed by atoms with E-state index in [2.05, 4.69) is 12.2 Å². The Balaban J connectivity index is 1.54.